The van der Waals surface area contributed by atoms with E-state index in [0.29, 0.717) is 10.6 Å². The highest BCUT2D eigenvalue weighted by Gasteiger charge is 2.24. The first-order valence-electron chi connectivity index (χ1n) is 2.87. The van der Waals surface area contributed by atoms with Crippen LogP contribution in [0.1, 0.15) is 5.56 Å². The molecule has 0 saturated carbocycles. The van der Waals surface area contributed by atoms with Crippen LogP contribution in [0.25, 0.3) is 0 Å². The number of hydrogen-bond acceptors (Lipinski definition) is 1. The van der Waals surface area contributed by atoms with E-state index in [4.69, 9.17) is 39.9 Å². The number of halogens is 3. The Kier molecular flexibility index (Phi) is 2.66. The lowest BCUT2D eigenvalue weighted by Gasteiger charge is -2.12. The molecular weight excluding hydrogens is 206 g/mol. The smallest absolute Gasteiger partial charge is 0.243 e. The molecule has 0 fully saturated rings. The summed E-state index contributed by atoms with van der Waals surface area (Å²) in [5.41, 5.74) is 0.296. The third kappa shape index (κ3) is 2.24. The fourth-order valence-corrected chi connectivity index (χ4v) is 1.40. The zero-order chi connectivity index (χ0) is 8.48. The largest absolute Gasteiger partial charge is 0.359 e. The molecule has 11 heavy (non-hydrogen) atoms. The first-order chi connectivity index (χ1) is 5.02. The fourth-order valence-electron chi connectivity index (χ4n) is 0.705. The Labute approximate surface area is 79.5 Å². The molecule has 60 valence electrons. The minimum absolute atomic E-state index is 0.296. The van der Waals surface area contributed by atoms with E-state index in [1.807, 2.05) is 0 Å². The first-order valence-corrected chi connectivity index (χ1v) is 4.00. The van der Waals surface area contributed by atoms with Crippen LogP contribution in [0.3, 0.4) is 0 Å². The Balaban J connectivity index is 3.14. The van der Waals surface area contributed by atoms with E-state index in [2.05, 4.69) is 0 Å². The average molecular weight is 211 g/mol. The van der Waals surface area contributed by atoms with E-state index in [9.17, 15) is 0 Å². The van der Waals surface area contributed by atoms with Gasteiger partial charge in [-0.05, 0) is 6.07 Å². The third-order valence-corrected chi connectivity index (χ3v) is 1.93. The Morgan fingerprint density at radius 2 is 1.73 bits per heavy atom. The summed E-state index contributed by atoms with van der Waals surface area (Å²) in [6.45, 7) is 0. The minimum atomic E-state index is -1.90. The van der Waals surface area contributed by atoms with Crippen LogP contribution in [0.4, 0.5) is 0 Å². The number of alkyl halides is 2. The van der Waals surface area contributed by atoms with Crippen molar-refractivity contribution in [2.24, 2.45) is 0 Å². The summed E-state index contributed by atoms with van der Waals surface area (Å²) >= 11 is 16.5. The Morgan fingerprint density at radius 3 is 2.09 bits per heavy atom. The van der Waals surface area contributed by atoms with Crippen molar-refractivity contribution in [3.05, 3.63) is 34.9 Å². The quantitative estimate of drug-likeness (QED) is 0.708. The molecule has 0 saturated heterocycles. The molecule has 0 heterocycles. The zero-order valence-corrected chi connectivity index (χ0v) is 7.66. The summed E-state index contributed by atoms with van der Waals surface area (Å²) in [6.07, 6.45) is 0. The Bertz CT molecular complexity index is 254. The number of hydrogen-bond donors (Lipinski definition) is 1. The maximum absolute atomic E-state index is 9.12. The molecule has 0 aromatic heterocycles. The average Bonchev–Trinajstić information content (AvgIpc) is 1.86. The molecule has 4 heteroatoms. The molecule has 0 amide bonds. The maximum Gasteiger partial charge on any atom is 0.243 e. The van der Waals surface area contributed by atoms with Crippen molar-refractivity contribution in [1.82, 2.24) is 0 Å². The highest BCUT2D eigenvalue weighted by atomic mass is 35.5. The van der Waals surface area contributed by atoms with E-state index in [0.717, 1.165) is 0 Å². The minimum Gasteiger partial charge on any atom is -0.359 e. The van der Waals surface area contributed by atoms with Gasteiger partial charge in [-0.3, -0.25) is 0 Å². The van der Waals surface area contributed by atoms with Crippen LogP contribution in [0.5, 0.6) is 0 Å². The van der Waals surface area contributed by atoms with Gasteiger partial charge in [0.05, 0.1) is 0 Å². The molecule has 1 nitrogen and oxygen atoms in total. The van der Waals surface area contributed by atoms with Crippen LogP contribution >= 0.6 is 34.8 Å². The highest BCUT2D eigenvalue weighted by molar-refractivity contribution is 6.47. The summed E-state index contributed by atoms with van der Waals surface area (Å²) < 4.78 is -1.90. The molecule has 1 N–H and O–H groups in total. The van der Waals surface area contributed by atoms with Gasteiger partial charge < -0.3 is 5.11 Å². The topological polar surface area (TPSA) is 20.2 Å². The summed E-state index contributed by atoms with van der Waals surface area (Å²) in [5, 5.41) is 9.46. The predicted molar refractivity (Wildman–Crippen MR) is 47.1 cm³/mol. The van der Waals surface area contributed by atoms with Gasteiger partial charge in [-0.25, -0.2) is 0 Å². The summed E-state index contributed by atoms with van der Waals surface area (Å²) in [6, 6.07) is 6.58. The van der Waals surface area contributed by atoms with Crippen molar-refractivity contribution < 1.29 is 5.11 Å². The van der Waals surface area contributed by atoms with Crippen molar-refractivity contribution in [3.8, 4) is 0 Å². The standard InChI is InChI=1S/C7H5Cl3O/c8-6-4-2-1-3-5(6)7(9,10)11/h1-4,11H. The van der Waals surface area contributed by atoms with Gasteiger partial charge in [0.2, 0.25) is 4.52 Å². The Morgan fingerprint density at radius 1 is 1.18 bits per heavy atom. The number of aliphatic hydroxyl groups is 1. The van der Waals surface area contributed by atoms with Crippen molar-refractivity contribution in [3.63, 3.8) is 0 Å². The van der Waals surface area contributed by atoms with Crippen molar-refractivity contribution >= 4 is 34.8 Å². The maximum atomic E-state index is 9.12. The van der Waals surface area contributed by atoms with Gasteiger partial charge in [0.25, 0.3) is 0 Å². The monoisotopic (exact) mass is 210 g/mol. The first kappa shape index (κ1) is 9.14. The predicted octanol–water partition coefficient (Wildman–Crippen LogP) is 2.92. The van der Waals surface area contributed by atoms with E-state index in [1.165, 1.54) is 0 Å². The fraction of sp³-hybridized carbons (Fsp3) is 0.143. The molecule has 0 aliphatic carbocycles. The van der Waals surface area contributed by atoms with Gasteiger partial charge in [-0.15, -0.1) is 0 Å². The van der Waals surface area contributed by atoms with Gasteiger partial charge in [0, 0.05) is 10.6 Å². The van der Waals surface area contributed by atoms with Crippen LogP contribution in [0.15, 0.2) is 24.3 Å². The molecule has 0 spiro atoms. The lowest BCUT2D eigenvalue weighted by Crippen LogP contribution is -2.08. The van der Waals surface area contributed by atoms with Gasteiger partial charge in [0.1, 0.15) is 0 Å². The molecule has 0 unspecified atom stereocenters. The third-order valence-electron chi connectivity index (χ3n) is 1.20. The van der Waals surface area contributed by atoms with E-state index < -0.39 is 4.52 Å². The molecule has 0 aliphatic rings. The molecule has 0 atom stereocenters. The molecular formula is C7H5Cl3O. The van der Waals surface area contributed by atoms with Crippen LogP contribution in [0.2, 0.25) is 5.02 Å². The van der Waals surface area contributed by atoms with Gasteiger partial charge >= 0.3 is 0 Å². The lowest BCUT2D eigenvalue weighted by atomic mass is 10.2. The van der Waals surface area contributed by atoms with E-state index in [1.54, 1.807) is 24.3 Å². The summed E-state index contributed by atoms with van der Waals surface area (Å²) in [7, 11) is 0. The van der Waals surface area contributed by atoms with Gasteiger partial charge in [0.15, 0.2) is 0 Å². The van der Waals surface area contributed by atoms with Gasteiger partial charge in [-0.1, -0.05) is 53.0 Å². The normalized spacial score (nSPS) is 11.6. The van der Waals surface area contributed by atoms with E-state index in [-0.39, 0.29) is 0 Å². The van der Waals surface area contributed by atoms with Crippen LogP contribution in [-0.4, -0.2) is 5.11 Å². The second kappa shape index (κ2) is 3.20. The number of benzene rings is 1. The van der Waals surface area contributed by atoms with Gasteiger partial charge in [-0.2, -0.15) is 0 Å². The van der Waals surface area contributed by atoms with Crippen molar-refractivity contribution in [2.75, 3.05) is 0 Å². The SMILES string of the molecule is OC(Cl)(Cl)c1ccccc1Cl. The lowest BCUT2D eigenvalue weighted by molar-refractivity contribution is 0.218. The van der Waals surface area contributed by atoms with Crippen LogP contribution in [-0.2, 0) is 4.52 Å². The van der Waals surface area contributed by atoms with E-state index >= 15 is 0 Å². The zero-order valence-electron chi connectivity index (χ0n) is 5.39. The number of rotatable bonds is 1. The molecule has 0 aliphatic heterocycles. The van der Waals surface area contributed by atoms with Crippen LogP contribution in [0, 0.1) is 0 Å². The second-order valence-electron chi connectivity index (χ2n) is 2.02. The van der Waals surface area contributed by atoms with Crippen LogP contribution < -0.4 is 0 Å². The Hall–Kier alpha value is 0.0500. The second-order valence-corrected chi connectivity index (χ2v) is 3.72. The molecule has 0 radical (unpaired) electrons. The molecule has 1 aromatic rings. The van der Waals surface area contributed by atoms with Crippen molar-refractivity contribution in [2.45, 2.75) is 4.52 Å². The molecule has 1 rings (SSSR count). The summed E-state index contributed by atoms with van der Waals surface area (Å²) in [4.78, 5) is 0. The molecule has 0 bridgehead atoms. The highest BCUT2D eigenvalue weighted by Crippen LogP contribution is 2.34. The summed E-state index contributed by atoms with van der Waals surface area (Å²) in [5.74, 6) is 0. The van der Waals surface area contributed by atoms with Crippen molar-refractivity contribution in [1.29, 1.82) is 0 Å². The molecule has 1 aromatic carbocycles.